The summed E-state index contributed by atoms with van der Waals surface area (Å²) >= 11 is 0. The number of benzene rings is 1. The Morgan fingerprint density at radius 3 is 2.24 bits per heavy atom. The highest BCUT2D eigenvalue weighted by Crippen LogP contribution is 2.18. The summed E-state index contributed by atoms with van der Waals surface area (Å²) in [5.74, 6) is 0.122. The van der Waals surface area contributed by atoms with E-state index in [2.05, 4.69) is 15.0 Å². The van der Waals surface area contributed by atoms with E-state index in [1.54, 1.807) is 0 Å². The molecule has 0 unspecified atom stereocenters. The molecule has 0 radical (unpaired) electrons. The number of oxime groups is 1. The summed E-state index contributed by atoms with van der Waals surface area (Å²) in [5.41, 5.74) is 6.75. The van der Waals surface area contributed by atoms with Crippen molar-refractivity contribution in [2.45, 2.75) is 19.4 Å². The lowest BCUT2D eigenvalue weighted by atomic mass is 10.1. The zero-order valence-electron chi connectivity index (χ0n) is 12.7. The van der Waals surface area contributed by atoms with Crippen LogP contribution in [0.4, 0.5) is 5.69 Å². The molecule has 1 aliphatic heterocycles. The Morgan fingerprint density at radius 2 is 1.76 bits per heavy atom. The quantitative estimate of drug-likeness (QED) is 0.329. The minimum atomic E-state index is -0.648. The molecule has 1 fully saturated rings. The fourth-order valence-electron chi connectivity index (χ4n) is 2.61. The first-order valence-electron chi connectivity index (χ1n) is 7.17. The third-order valence-corrected chi connectivity index (χ3v) is 3.62. The molecule has 0 bridgehead atoms. The molecule has 116 valence electrons. The summed E-state index contributed by atoms with van der Waals surface area (Å²) < 4.78 is 0. The zero-order chi connectivity index (χ0) is 15.5. The first kappa shape index (κ1) is 15.6. The molecular formula is C15H24N4O2. The second-order valence-corrected chi connectivity index (χ2v) is 6.11. The second-order valence-electron chi connectivity index (χ2n) is 6.11. The van der Waals surface area contributed by atoms with Gasteiger partial charge in [0.2, 0.25) is 0 Å². The van der Waals surface area contributed by atoms with Crippen LogP contribution in [0.25, 0.3) is 0 Å². The summed E-state index contributed by atoms with van der Waals surface area (Å²) in [6.07, 6.45) is 0. The minimum absolute atomic E-state index is 0.122. The van der Waals surface area contributed by atoms with Crippen molar-refractivity contribution in [2.75, 3.05) is 37.6 Å². The molecule has 0 saturated carbocycles. The van der Waals surface area contributed by atoms with Crippen LogP contribution < -0.4 is 10.6 Å². The van der Waals surface area contributed by atoms with Gasteiger partial charge in [0.25, 0.3) is 0 Å². The molecule has 21 heavy (non-hydrogen) atoms. The SMILES string of the molecule is CC(C)(O)CN1CCN(c2ccc(C(N)=NO)cc2)CC1. The van der Waals surface area contributed by atoms with Crippen molar-refractivity contribution in [2.24, 2.45) is 10.9 Å². The molecule has 6 heteroatoms. The number of rotatable bonds is 4. The van der Waals surface area contributed by atoms with Crippen LogP contribution in [0.5, 0.6) is 0 Å². The second kappa shape index (κ2) is 6.32. The van der Waals surface area contributed by atoms with E-state index in [4.69, 9.17) is 10.9 Å². The van der Waals surface area contributed by atoms with Gasteiger partial charge in [-0.15, -0.1) is 0 Å². The van der Waals surface area contributed by atoms with Crippen LogP contribution in [0, 0.1) is 0 Å². The van der Waals surface area contributed by atoms with Gasteiger partial charge in [-0.3, -0.25) is 4.90 Å². The number of hydrogen-bond donors (Lipinski definition) is 3. The molecule has 0 spiro atoms. The molecular weight excluding hydrogens is 268 g/mol. The van der Waals surface area contributed by atoms with Crippen LogP contribution in [0.3, 0.4) is 0 Å². The summed E-state index contributed by atoms with van der Waals surface area (Å²) in [6, 6.07) is 7.68. The van der Waals surface area contributed by atoms with Crippen molar-refractivity contribution in [1.29, 1.82) is 0 Å². The Kier molecular flexibility index (Phi) is 4.69. The van der Waals surface area contributed by atoms with Crippen molar-refractivity contribution in [3.63, 3.8) is 0 Å². The van der Waals surface area contributed by atoms with Crippen LogP contribution in [0.15, 0.2) is 29.4 Å². The predicted molar refractivity (Wildman–Crippen MR) is 83.9 cm³/mol. The first-order chi connectivity index (χ1) is 9.89. The highest BCUT2D eigenvalue weighted by Gasteiger charge is 2.22. The maximum atomic E-state index is 9.86. The normalized spacial score (nSPS) is 18.0. The van der Waals surface area contributed by atoms with Gasteiger partial charge < -0.3 is 20.9 Å². The van der Waals surface area contributed by atoms with E-state index in [0.717, 1.165) is 31.9 Å². The highest BCUT2D eigenvalue weighted by atomic mass is 16.4. The fourth-order valence-corrected chi connectivity index (χ4v) is 2.61. The molecule has 1 saturated heterocycles. The number of nitrogens with two attached hydrogens (primary N) is 1. The minimum Gasteiger partial charge on any atom is -0.409 e. The molecule has 1 aliphatic rings. The Labute approximate surface area is 125 Å². The Morgan fingerprint density at radius 1 is 1.19 bits per heavy atom. The monoisotopic (exact) mass is 292 g/mol. The predicted octanol–water partition coefficient (Wildman–Crippen LogP) is 0.674. The Balaban J connectivity index is 1.93. The van der Waals surface area contributed by atoms with E-state index >= 15 is 0 Å². The number of amidine groups is 1. The van der Waals surface area contributed by atoms with Gasteiger partial charge in [-0.1, -0.05) is 5.16 Å². The molecule has 1 heterocycles. The maximum Gasteiger partial charge on any atom is 0.170 e. The largest absolute Gasteiger partial charge is 0.409 e. The van der Waals surface area contributed by atoms with Crippen molar-refractivity contribution < 1.29 is 10.3 Å². The number of aliphatic hydroxyl groups is 1. The van der Waals surface area contributed by atoms with Crippen LogP contribution in [0.2, 0.25) is 0 Å². The number of β-amino-alcohol motifs (C(OH)–C–C–N with tert-alkyl or cyclic N) is 1. The third-order valence-electron chi connectivity index (χ3n) is 3.62. The molecule has 1 aromatic rings. The molecule has 2 rings (SSSR count). The van der Waals surface area contributed by atoms with Gasteiger partial charge in [-0.25, -0.2) is 0 Å². The van der Waals surface area contributed by atoms with Gasteiger partial charge >= 0.3 is 0 Å². The van der Waals surface area contributed by atoms with E-state index in [0.29, 0.717) is 12.1 Å². The highest BCUT2D eigenvalue weighted by molar-refractivity contribution is 5.97. The van der Waals surface area contributed by atoms with E-state index < -0.39 is 5.60 Å². The Bertz CT molecular complexity index is 485. The smallest absolute Gasteiger partial charge is 0.170 e. The first-order valence-corrected chi connectivity index (χ1v) is 7.17. The fraction of sp³-hybridized carbons (Fsp3) is 0.533. The van der Waals surface area contributed by atoms with Crippen LogP contribution >= 0.6 is 0 Å². The molecule has 4 N–H and O–H groups in total. The standard InChI is InChI=1S/C15H24N4O2/c1-15(2,20)11-18-7-9-19(10-8-18)13-5-3-12(4-6-13)14(16)17-21/h3-6,20-21H,7-11H2,1-2H3,(H2,16,17). The zero-order valence-corrected chi connectivity index (χ0v) is 12.7. The third kappa shape index (κ3) is 4.34. The van der Waals surface area contributed by atoms with Gasteiger partial charge in [0.15, 0.2) is 5.84 Å². The maximum absolute atomic E-state index is 9.86. The van der Waals surface area contributed by atoms with Crippen molar-refractivity contribution in [3.8, 4) is 0 Å². The molecule has 0 atom stereocenters. The molecule has 0 aliphatic carbocycles. The average Bonchev–Trinajstić information content (AvgIpc) is 2.46. The summed E-state index contributed by atoms with van der Waals surface area (Å²) in [4.78, 5) is 4.58. The summed E-state index contributed by atoms with van der Waals surface area (Å²) in [5, 5.41) is 21.5. The van der Waals surface area contributed by atoms with Crippen LogP contribution in [-0.4, -0.2) is 59.4 Å². The summed E-state index contributed by atoms with van der Waals surface area (Å²) in [7, 11) is 0. The van der Waals surface area contributed by atoms with E-state index in [-0.39, 0.29) is 5.84 Å². The van der Waals surface area contributed by atoms with Gasteiger partial charge in [-0.05, 0) is 38.1 Å². The lowest BCUT2D eigenvalue weighted by Crippen LogP contribution is -2.50. The van der Waals surface area contributed by atoms with E-state index in [9.17, 15) is 5.11 Å². The lowest BCUT2D eigenvalue weighted by Gasteiger charge is -2.38. The Hall–Kier alpha value is -1.79. The number of hydrogen-bond acceptors (Lipinski definition) is 5. The average molecular weight is 292 g/mol. The number of anilines is 1. The van der Waals surface area contributed by atoms with E-state index in [1.165, 1.54) is 0 Å². The molecule has 0 amide bonds. The number of piperazine rings is 1. The van der Waals surface area contributed by atoms with Crippen LogP contribution in [0.1, 0.15) is 19.4 Å². The summed E-state index contributed by atoms with van der Waals surface area (Å²) in [6.45, 7) is 8.11. The van der Waals surface area contributed by atoms with Crippen molar-refractivity contribution >= 4 is 11.5 Å². The van der Waals surface area contributed by atoms with Crippen LogP contribution in [-0.2, 0) is 0 Å². The molecule has 0 aromatic heterocycles. The molecule has 1 aromatic carbocycles. The van der Waals surface area contributed by atoms with Crippen molar-refractivity contribution in [1.82, 2.24) is 4.90 Å². The van der Waals surface area contributed by atoms with Crippen molar-refractivity contribution in [3.05, 3.63) is 29.8 Å². The lowest BCUT2D eigenvalue weighted by molar-refractivity contribution is 0.0345. The van der Waals surface area contributed by atoms with Gasteiger partial charge in [0, 0.05) is 44.0 Å². The van der Waals surface area contributed by atoms with Gasteiger partial charge in [0.05, 0.1) is 5.60 Å². The van der Waals surface area contributed by atoms with E-state index in [1.807, 2.05) is 38.1 Å². The molecule has 6 nitrogen and oxygen atoms in total. The topological polar surface area (TPSA) is 85.3 Å². The van der Waals surface area contributed by atoms with Gasteiger partial charge in [0.1, 0.15) is 0 Å². The number of nitrogens with zero attached hydrogens (tertiary/aromatic N) is 3. The van der Waals surface area contributed by atoms with Gasteiger partial charge in [-0.2, -0.15) is 0 Å².